The zero-order valence-electron chi connectivity index (χ0n) is 11.9. The van der Waals surface area contributed by atoms with Gasteiger partial charge >= 0.3 is 0 Å². The third-order valence-electron chi connectivity index (χ3n) is 3.18. The second-order valence-corrected chi connectivity index (χ2v) is 5.11. The number of nitro groups is 1. The number of nitro benzene ring substituents is 1. The third-order valence-corrected chi connectivity index (χ3v) is 3.18. The Bertz CT molecular complexity index is 631. The third kappa shape index (κ3) is 3.35. The number of benzene rings is 2. The fourth-order valence-corrected chi connectivity index (χ4v) is 2.29. The molecule has 0 aliphatic heterocycles. The number of nitrogens with one attached hydrogen (secondary N) is 1. The van der Waals surface area contributed by atoms with Crippen molar-refractivity contribution in [2.45, 2.75) is 27.3 Å². The monoisotopic (exact) mass is 270 g/mol. The van der Waals surface area contributed by atoms with Crippen molar-refractivity contribution in [2.24, 2.45) is 0 Å². The van der Waals surface area contributed by atoms with Gasteiger partial charge in [-0.1, -0.05) is 35.4 Å². The lowest BCUT2D eigenvalue weighted by Gasteiger charge is -2.09. The smallest absolute Gasteiger partial charge is 0.274 e. The van der Waals surface area contributed by atoms with E-state index in [0.717, 1.165) is 5.69 Å². The molecule has 0 bridgehead atoms. The van der Waals surface area contributed by atoms with Crippen LogP contribution < -0.4 is 5.32 Å². The number of hydrogen-bond acceptors (Lipinski definition) is 3. The van der Waals surface area contributed by atoms with Gasteiger partial charge in [0.25, 0.3) is 5.69 Å². The summed E-state index contributed by atoms with van der Waals surface area (Å²) in [5, 5.41) is 14.1. The molecule has 2 aromatic rings. The van der Waals surface area contributed by atoms with Gasteiger partial charge in [0.05, 0.1) is 4.92 Å². The van der Waals surface area contributed by atoms with Crippen molar-refractivity contribution in [3.8, 4) is 0 Å². The van der Waals surface area contributed by atoms with Gasteiger partial charge in [0.2, 0.25) is 0 Å². The van der Waals surface area contributed by atoms with Crippen LogP contribution in [0.15, 0.2) is 36.4 Å². The van der Waals surface area contributed by atoms with E-state index in [4.69, 9.17) is 0 Å². The van der Waals surface area contributed by atoms with Crippen LogP contribution in [0.1, 0.15) is 22.3 Å². The normalized spacial score (nSPS) is 10.3. The van der Waals surface area contributed by atoms with Crippen molar-refractivity contribution in [1.29, 1.82) is 0 Å². The Morgan fingerprint density at radius 1 is 1.05 bits per heavy atom. The van der Waals surface area contributed by atoms with Crippen LogP contribution in [0.25, 0.3) is 0 Å². The zero-order valence-corrected chi connectivity index (χ0v) is 11.9. The van der Waals surface area contributed by atoms with Crippen molar-refractivity contribution >= 4 is 11.4 Å². The molecule has 0 amide bonds. The van der Waals surface area contributed by atoms with Gasteiger partial charge in [-0.15, -0.1) is 0 Å². The largest absolute Gasteiger partial charge is 0.381 e. The summed E-state index contributed by atoms with van der Waals surface area (Å²) >= 11 is 0. The van der Waals surface area contributed by atoms with Gasteiger partial charge < -0.3 is 5.32 Å². The summed E-state index contributed by atoms with van der Waals surface area (Å²) in [6.45, 7) is 6.52. The first-order valence-electron chi connectivity index (χ1n) is 6.52. The van der Waals surface area contributed by atoms with Gasteiger partial charge in [-0.2, -0.15) is 0 Å². The second kappa shape index (κ2) is 5.74. The fourth-order valence-electron chi connectivity index (χ4n) is 2.29. The zero-order chi connectivity index (χ0) is 14.7. The molecule has 0 aromatic heterocycles. The number of aryl methyl sites for hydroxylation is 3. The van der Waals surface area contributed by atoms with E-state index in [0.29, 0.717) is 12.1 Å². The van der Waals surface area contributed by atoms with E-state index in [9.17, 15) is 10.1 Å². The van der Waals surface area contributed by atoms with Crippen LogP contribution in [-0.2, 0) is 6.54 Å². The Hall–Kier alpha value is -2.36. The highest BCUT2D eigenvalue weighted by Crippen LogP contribution is 2.22. The van der Waals surface area contributed by atoms with Crippen molar-refractivity contribution in [3.05, 3.63) is 68.8 Å². The summed E-state index contributed by atoms with van der Waals surface area (Å²) in [5.74, 6) is 0. The van der Waals surface area contributed by atoms with Gasteiger partial charge in [0.1, 0.15) is 0 Å². The number of rotatable bonds is 4. The van der Waals surface area contributed by atoms with Crippen LogP contribution in [0, 0.1) is 30.9 Å². The molecule has 104 valence electrons. The lowest BCUT2D eigenvalue weighted by atomic mass is 10.1. The summed E-state index contributed by atoms with van der Waals surface area (Å²) in [7, 11) is 0. The predicted octanol–water partition coefficient (Wildman–Crippen LogP) is 4.13. The van der Waals surface area contributed by atoms with Gasteiger partial charge in [0.15, 0.2) is 0 Å². The molecule has 1 N–H and O–H groups in total. The topological polar surface area (TPSA) is 55.2 Å². The summed E-state index contributed by atoms with van der Waals surface area (Å²) < 4.78 is 0. The molecule has 0 aliphatic carbocycles. The molecular weight excluding hydrogens is 252 g/mol. The Balaban J connectivity index is 2.14. The molecule has 2 rings (SSSR count). The van der Waals surface area contributed by atoms with E-state index < -0.39 is 0 Å². The molecule has 4 nitrogen and oxygen atoms in total. The molecule has 0 saturated carbocycles. The van der Waals surface area contributed by atoms with E-state index in [2.05, 4.69) is 37.4 Å². The average Bonchev–Trinajstić information content (AvgIpc) is 2.36. The number of hydrogen-bond donors (Lipinski definition) is 1. The highest BCUT2D eigenvalue weighted by Gasteiger charge is 2.10. The van der Waals surface area contributed by atoms with Crippen LogP contribution in [0.4, 0.5) is 11.4 Å². The van der Waals surface area contributed by atoms with E-state index in [-0.39, 0.29) is 10.6 Å². The minimum Gasteiger partial charge on any atom is -0.381 e. The highest BCUT2D eigenvalue weighted by atomic mass is 16.6. The maximum Gasteiger partial charge on any atom is 0.274 e. The molecule has 0 heterocycles. The molecule has 0 fully saturated rings. The lowest BCUT2D eigenvalue weighted by molar-refractivity contribution is -0.385. The van der Waals surface area contributed by atoms with Crippen molar-refractivity contribution < 1.29 is 4.92 Å². The molecule has 0 atom stereocenters. The van der Waals surface area contributed by atoms with E-state index >= 15 is 0 Å². The van der Waals surface area contributed by atoms with Crippen LogP contribution in [-0.4, -0.2) is 4.92 Å². The predicted molar refractivity (Wildman–Crippen MR) is 81.1 cm³/mol. The Labute approximate surface area is 118 Å². The van der Waals surface area contributed by atoms with Crippen molar-refractivity contribution in [2.75, 3.05) is 5.32 Å². The Morgan fingerprint density at radius 2 is 1.70 bits per heavy atom. The van der Waals surface area contributed by atoms with Crippen LogP contribution in [0.3, 0.4) is 0 Å². The van der Waals surface area contributed by atoms with Crippen LogP contribution >= 0.6 is 0 Å². The molecule has 20 heavy (non-hydrogen) atoms. The SMILES string of the molecule is Cc1cc(C)cc(CNc2ccc(C)c([N+](=O)[O-])c2)c1. The molecule has 4 heteroatoms. The van der Waals surface area contributed by atoms with Gasteiger partial charge in [0, 0.05) is 23.9 Å². The first-order valence-corrected chi connectivity index (χ1v) is 6.52. The Kier molecular flexibility index (Phi) is 4.03. The molecule has 2 aromatic carbocycles. The average molecular weight is 270 g/mol. The van der Waals surface area contributed by atoms with E-state index in [1.807, 2.05) is 6.07 Å². The number of nitrogens with zero attached hydrogens (tertiary/aromatic N) is 1. The quantitative estimate of drug-likeness (QED) is 0.671. The molecule has 0 saturated heterocycles. The molecule has 0 radical (unpaired) electrons. The standard InChI is InChI=1S/C16H18N2O2/c1-11-6-12(2)8-14(7-11)10-17-15-5-4-13(3)16(9-15)18(19)20/h4-9,17H,10H2,1-3H3. The van der Waals surface area contributed by atoms with Gasteiger partial charge in [-0.3, -0.25) is 10.1 Å². The van der Waals surface area contributed by atoms with Crippen LogP contribution in [0.5, 0.6) is 0 Å². The van der Waals surface area contributed by atoms with Crippen molar-refractivity contribution in [1.82, 2.24) is 0 Å². The lowest BCUT2D eigenvalue weighted by Crippen LogP contribution is -2.01. The highest BCUT2D eigenvalue weighted by molar-refractivity contribution is 5.55. The summed E-state index contributed by atoms with van der Waals surface area (Å²) in [5.41, 5.74) is 5.20. The molecule has 0 aliphatic rings. The summed E-state index contributed by atoms with van der Waals surface area (Å²) in [4.78, 5) is 10.6. The van der Waals surface area contributed by atoms with E-state index in [1.165, 1.54) is 16.7 Å². The maximum atomic E-state index is 10.9. The van der Waals surface area contributed by atoms with Gasteiger partial charge in [-0.25, -0.2) is 0 Å². The minimum atomic E-state index is -0.350. The first-order chi connectivity index (χ1) is 9.45. The summed E-state index contributed by atoms with van der Waals surface area (Å²) in [6.07, 6.45) is 0. The maximum absolute atomic E-state index is 10.9. The van der Waals surface area contributed by atoms with Crippen molar-refractivity contribution in [3.63, 3.8) is 0 Å². The molecular formula is C16H18N2O2. The molecule has 0 spiro atoms. The fraction of sp³-hybridized carbons (Fsp3) is 0.250. The Morgan fingerprint density at radius 3 is 2.30 bits per heavy atom. The summed E-state index contributed by atoms with van der Waals surface area (Å²) in [6, 6.07) is 11.6. The first kappa shape index (κ1) is 14.1. The second-order valence-electron chi connectivity index (χ2n) is 5.11. The minimum absolute atomic E-state index is 0.149. The molecule has 0 unspecified atom stereocenters. The van der Waals surface area contributed by atoms with Gasteiger partial charge in [-0.05, 0) is 32.4 Å². The van der Waals surface area contributed by atoms with Crippen LogP contribution in [0.2, 0.25) is 0 Å². The number of anilines is 1. The van der Waals surface area contributed by atoms with E-state index in [1.54, 1.807) is 19.1 Å².